The zero-order valence-electron chi connectivity index (χ0n) is 7.82. The van der Waals surface area contributed by atoms with E-state index in [1.165, 1.54) is 6.07 Å². The Balaban J connectivity index is 2.96. The van der Waals surface area contributed by atoms with Crippen molar-refractivity contribution in [3.8, 4) is 0 Å². The van der Waals surface area contributed by atoms with Crippen molar-refractivity contribution in [1.82, 2.24) is 5.32 Å². The van der Waals surface area contributed by atoms with E-state index in [1.807, 2.05) is 14.0 Å². The maximum Gasteiger partial charge on any atom is 0.127 e. The van der Waals surface area contributed by atoms with Gasteiger partial charge in [-0.2, -0.15) is 0 Å². The maximum atomic E-state index is 13.3. The van der Waals surface area contributed by atoms with Crippen LogP contribution in [-0.2, 0) is 6.42 Å². The second-order valence-electron chi connectivity index (χ2n) is 3.01. The summed E-state index contributed by atoms with van der Waals surface area (Å²) in [6, 6.07) is 3.30. The predicted octanol–water partition coefficient (Wildman–Crippen LogP) is 2.66. The van der Waals surface area contributed by atoms with Gasteiger partial charge in [-0.1, -0.05) is 22.0 Å². The quantitative estimate of drug-likeness (QED) is 0.864. The van der Waals surface area contributed by atoms with Gasteiger partial charge in [-0.25, -0.2) is 4.39 Å². The zero-order chi connectivity index (χ0) is 9.84. The molecule has 1 aromatic rings. The Kier molecular flexibility index (Phi) is 3.88. The molecule has 0 spiro atoms. The third-order valence-corrected chi connectivity index (χ3v) is 3.11. The van der Waals surface area contributed by atoms with Crippen molar-refractivity contribution in [2.45, 2.75) is 13.3 Å². The summed E-state index contributed by atoms with van der Waals surface area (Å²) in [6.45, 7) is 2.76. The van der Waals surface area contributed by atoms with Crippen LogP contribution in [0.4, 0.5) is 4.39 Å². The fraction of sp³-hybridized carbons (Fsp3) is 0.400. The van der Waals surface area contributed by atoms with Gasteiger partial charge in [0.1, 0.15) is 5.82 Å². The van der Waals surface area contributed by atoms with Gasteiger partial charge in [0, 0.05) is 10.0 Å². The molecule has 0 saturated heterocycles. The second-order valence-corrected chi connectivity index (χ2v) is 3.80. The fourth-order valence-corrected chi connectivity index (χ4v) is 1.71. The summed E-state index contributed by atoms with van der Waals surface area (Å²) in [4.78, 5) is 0. The molecule has 0 heterocycles. The van der Waals surface area contributed by atoms with E-state index in [4.69, 9.17) is 0 Å². The molecule has 0 atom stereocenters. The largest absolute Gasteiger partial charge is 0.319 e. The maximum absolute atomic E-state index is 13.3. The minimum Gasteiger partial charge on any atom is -0.319 e. The summed E-state index contributed by atoms with van der Waals surface area (Å²) in [5.74, 6) is -0.132. The summed E-state index contributed by atoms with van der Waals surface area (Å²) in [5, 5.41) is 3.00. The number of nitrogens with one attached hydrogen (secondary N) is 1. The molecule has 3 heteroatoms. The number of hydrogen-bond acceptors (Lipinski definition) is 1. The molecule has 0 radical (unpaired) electrons. The summed E-state index contributed by atoms with van der Waals surface area (Å²) < 4.78 is 14.2. The minimum atomic E-state index is -0.132. The SMILES string of the molecule is CNCCc1c(F)ccc(C)c1Br. The van der Waals surface area contributed by atoms with Crippen LogP contribution in [0, 0.1) is 12.7 Å². The molecule has 0 aliphatic carbocycles. The second kappa shape index (κ2) is 4.72. The Labute approximate surface area is 86.5 Å². The molecule has 0 bridgehead atoms. The van der Waals surface area contributed by atoms with E-state index < -0.39 is 0 Å². The standard InChI is InChI=1S/C10H13BrFN/c1-7-3-4-9(12)8(10(7)11)5-6-13-2/h3-4,13H,5-6H2,1-2H3. The van der Waals surface area contributed by atoms with Crippen molar-refractivity contribution in [1.29, 1.82) is 0 Å². The number of rotatable bonds is 3. The third kappa shape index (κ3) is 2.51. The Hall–Kier alpha value is -0.410. The van der Waals surface area contributed by atoms with Crippen molar-refractivity contribution < 1.29 is 4.39 Å². The Morgan fingerprint density at radius 3 is 2.77 bits per heavy atom. The highest BCUT2D eigenvalue weighted by atomic mass is 79.9. The first-order valence-corrected chi connectivity index (χ1v) is 5.04. The van der Waals surface area contributed by atoms with E-state index in [0.29, 0.717) is 6.42 Å². The molecule has 1 aromatic carbocycles. The van der Waals surface area contributed by atoms with Crippen LogP contribution < -0.4 is 5.32 Å². The number of benzene rings is 1. The summed E-state index contributed by atoms with van der Waals surface area (Å²) in [6.07, 6.45) is 0.713. The first kappa shape index (κ1) is 10.7. The van der Waals surface area contributed by atoms with Crippen molar-refractivity contribution in [2.75, 3.05) is 13.6 Å². The Morgan fingerprint density at radius 1 is 1.46 bits per heavy atom. The van der Waals surface area contributed by atoms with E-state index in [2.05, 4.69) is 21.2 Å². The molecule has 1 rings (SSSR count). The molecule has 1 nitrogen and oxygen atoms in total. The predicted molar refractivity (Wildman–Crippen MR) is 56.5 cm³/mol. The van der Waals surface area contributed by atoms with Crippen LogP contribution in [0.15, 0.2) is 16.6 Å². The van der Waals surface area contributed by atoms with Crippen LogP contribution in [0.2, 0.25) is 0 Å². The smallest absolute Gasteiger partial charge is 0.127 e. The Bertz CT molecular complexity index is 299. The molecule has 0 aliphatic rings. The summed E-state index contributed by atoms with van der Waals surface area (Å²) in [5.41, 5.74) is 1.84. The number of likely N-dealkylation sites (N-methyl/N-ethyl adjacent to an activating group) is 1. The molecular weight excluding hydrogens is 233 g/mol. The van der Waals surface area contributed by atoms with Gasteiger partial charge in [-0.3, -0.25) is 0 Å². The first-order valence-electron chi connectivity index (χ1n) is 4.25. The molecule has 0 unspecified atom stereocenters. The molecule has 72 valence electrons. The molecule has 0 amide bonds. The van der Waals surface area contributed by atoms with Crippen molar-refractivity contribution in [3.05, 3.63) is 33.5 Å². The van der Waals surface area contributed by atoms with Gasteiger partial charge in [-0.05, 0) is 38.6 Å². The number of aryl methyl sites for hydroxylation is 1. The van der Waals surface area contributed by atoms with Crippen LogP contribution in [0.1, 0.15) is 11.1 Å². The number of halogens is 2. The monoisotopic (exact) mass is 245 g/mol. The first-order chi connectivity index (χ1) is 6.16. The van der Waals surface area contributed by atoms with Crippen LogP contribution >= 0.6 is 15.9 Å². The van der Waals surface area contributed by atoms with Gasteiger partial charge in [0.05, 0.1) is 0 Å². The van der Waals surface area contributed by atoms with Gasteiger partial charge in [-0.15, -0.1) is 0 Å². The van der Waals surface area contributed by atoms with Gasteiger partial charge in [0.25, 0.3) is 0 Å². The minimum absolute atomic E-state index is 0.132. The van der Waals surface area contributed by atoms with Crippen LogP contribution in [0.5, 0.6) is 0 Å². The van der Waals surface area contributed by atoms with Crippen LogP contribution in [0.25, 0.3) is 0 Å². The topological polar surface area (TPSA) is 12.0 Å². The lowest BCUT2D eigenvalue weighted by Gasteiger charge is -2.07. The number of hydrogen-bond donors (Lipinski definition) is 1. The summed E-state index contributed by atoms with van der Waals surface area (Å²) >= 11 is 3.39. The average molecular weight is 246 g/mol. The van der Waals surface area contributed by atoms with E-state index in [9.17, 15) is 4.39 Å². The lowest BCUT2D eigenvalue weighted by molar-refractivity contribution is 0.602. The van der Waals surface area contributed by atoms with Crippen molar-refractivity contribution in [2.24, 2.45) is 0 Å². The van der Waals surface area contributed by atoms with Crippen molar-refractivity contribution >= 4 is 15.9 Å². The van der Waals surface area contributed by atoms with Gasteiger partial charge in [0.2, 0.25) is 0 Å². The van der Waals surface area contributed by atoms with Gasteiger partial charge < -0.3 is 5.32 Å². The van der Waals surface area contributed by atoms with Crippen LogP contribution in [-0.4, -0.2) is 13.6 Å². The normalized spacial score (nSPS) is 10.5. The third-order valence-electron chi connectivity index (χ3n) is 2.00. The van der Waals surface area contributed by atoms with Gasteiger partial charge in [0.15, 0.2) is 0 Å². The lowest BCUT2D eigenvalue weighted by Crippen LogP contribution is -2.11. The van der Waals surface area contributed by atoms with Crippen molar-refractivity contribution in [3.63, 3.8) is 0 Å². The molecule has 0 aliphatic heterocycles. The molecule has 1 N–H and O–H groups in total. The molecule has 0 saturated carbocycles. The van der Waals surface area contributed by atoms with Gasteiger partial charge >= 0.3 is 0 Å². The molecule has 13 heavy (non-hydrogen) atoms. The van der Waals surface area contributed by atoms with E-state index in [-0.39, 0.29) is 5.82 Å². The highest BCUT2D eigenvalue weighted by molar-refractivity contribution is 9.10. The van der Waals surface area contributed by atoms with E-state index in [0.717, 1.165) is 22.1 Å². The zero-order valence-corrected chi connectivity index (χ0v) is 9.41. The molecule has 0 fully saturated rings. The highest BCUT2D eigenvalue weighted by Crippen LogP contribution is 2.24. The average Bonchev–Trinajstić information content (AvgIpc) is 2.12. The summed E-state index contributed by atoms with van der Waals surface area (Å²) in [7, 11) is 1.86. The highest BCUT2D eigenvalue weighted by Gasteiger charge is 2.07. The fourth-order valence-electron chi connectivity index (χ4n) is 1.19. The van der Waals surface area contributed by atoms with E-state index >= 15 is 0 Å². The van der Waals surface area contributed by atoms with Crippen LogP contribution in [0.3, 0.4) is 0 Å². The lowest BCUT2D eigenvalue weighted by atomic mass is 10.1. The Morgan fingerprint density at radius 2 is 2.15 bits per heavy atom. The molecular formula is C10H13BrFN. The molecule has 0 aromatic heterocycles. The van der Waals surface area contributed by atoms with E-state index in [1.54, 1.807) is 6.07 Å².